The molecule has 3 rings (SSSR count). The van der Waals surface area contributed by atoms with E-state index in [2.05, 4.69) is 23.8 Å². The van der Waals surface area contributed by atoms with E-state index in [1.165, 1.54) is 0 Å². The maximum atomic E-state index is 12.8. The first-order chi connectivity index (χ1) is 12.4. The second-order valence-corrected chi connectivity index (χ2v) is 8.71. The van der Waals surface area contributed by atoms with Crippen LogP contribution in [0.15, 0.2) is 58.3 Å². The summed E-state index contributed by atoms with van der Waals surface area (Å²) < 4.78 is 30.7. The summed E-state index contributed by atoms with van der Waals surface area (Å²) in [5.41, 5.74) is 1.14. The van der Waals surface area contributed by atoms with Crippen LogP contribution < -0.4 is 4.74 Å². The van der Waals surface area contributed by atoms with Crippen molar-refractivity contribution in [2.75, 3.05) is 40.3 Å². The van der Waals surface area contributed by atoms with Crippen LogP contribution in [0.4, 0.5) is 0 Å². The second-order valence-electron chi connectivity index (χ2n) is 6.76. The molecule has 1 atom stereocenters. The Balaban J connectivity index is 1.77. The number of hydrogen-bond donors (Lipinski definition) is 0. The number of nitrogens with zero attached hydrogens (tertiary/aromatic N) is 2. The lowest BCUT2D eigenvalue weighted by Gasteiger charge is -2.36. The normalized spacial score (nSPS) is 17.8. The van der Waals surface area contributed by atoms with Crippen molar-refractivity contribution in [3.8, 4) is 5.75 Å². The number of piperazine rings is 1. The summed E-state index contributed by atoms with van der Waals surface area (Å²) in [7, 11) is 0.185. The average molecular weight is 375 g/mol. The third-order valence-corrected chi connectivity index (χ3v) is 6.91. The van der Waals surface area contributed by atoms with Gasteiger partial charge in [-0.2, -0.15) is 0 Å². The largest absolute Gasteiger partial charge is 0.497 e. The van der Waals surface area contributed by atoms with Gasteiger partial charge in [-0.15, -0.1) is 0 Å². The van der Waals surface area contributed by atoms with Gasteiger partial charge in [-0.05, 0) is 55.9 Å². The van der Waals surface area contributed by atoms with Gasteiger partial charge >= 0.3 is 0 Å². The zero-order chi connectivity index (χ0) is 18.7. The molecule has 140 valence electrons. The number of hydrogen-bond acceptors (Lipinski definition) is 5. The van der Waals surface area contributed by atoms with E-state index in [9.17, 15) is 8.42 Å². The van der Waals surface area contributed by atoms with E-state index in [4.69, 9.17) is 4.74 Å². The summed E-state index contributed by atoms with van der Waals surface area (Å²) >= 11 is 0. The number of benzene rings is 2. The molecule has 0 spiro atoms. The van der Waals surface area contributed by atoms with Gasteiger partial charge in [0.05, 0.1) is 16.9 Å². The summed E-state index contributed by atoms with van der Waals surface area (Å²) in [6.07, 6.45) is 0. The first kappa shape index (κ1) is 18.9. The van der Waals surface area contributed by atoms with Crippen molar-refractivity contribution in [2.24, 2.45) is 0 Å². The van der Waals surface area contributed by atoms with Crippen LogP contribution >= 0.6 is 0 Å². The van der Waals surface area contributed by atoms with Crippen LogP contribution in [0, 0.1) is 0 Å². The molecule has 0 N–H and O–H groups in total. The number of ether oxygens (including phenoxy) is 1. The number of rotatable bonds is 5. The molecule has 1 saturated heterocycles. The Morgan fingerprint density at radius 1 is 0.885 bits per heavy atom. The highest BCUT2D eigenvalue weighted by Crippen LogP contribution is 2.26. The lowest BCUT2D eigenvalue weighted by Crippen LogP contribution is -2.45. The predicted molar refractivity (Wildman–Crippen MR) is 102 cm³/mol. The number of sulfone groups is 1. The molecule has 1 aliphatic rings. The van der Waals surface area contributed by atoms with Gasteiger partial charge in [0.15, 0.2) is 0 Å². The van der Waals surface area contributed by atoms with Crippen LogP contribution in [0.2, 0.25) is 0 Å². The van der Waals surface area contributed by atoms with Gasteiger partial charge in [-0.1, -0.05) is 12.1 Å². The average Bonchev–Trinajstić information content (AvgIpc) is 2.68. The monoisotopic (exact) mass is 374 g/mol. The molecule has 0 radical (unpaired) electrons. The Morgan fingerprint density at radius 2 is 1.38 bits per heavy atom. The molecule has 0 amide bonds. The van der Waals surface area contributed by atoms with E-state index in [-0.39, 0.29) is 10.9 Å². The molecule has 1 heterocycles. The van der Waals surface area contributed by atoms with Gasteiger partial charge in [0.1, 0.15) is 5.75 Å². The van der Waals surface area contributed by atoms with Crippen molar-refractivity contribution in [3.05, 3.63) is 54.1 Å². The first-order valence-electron chi connectivity index (χ1n) is 8.83. The van der Waals surface area contributed by atoms with Gasteiger partial charge in [-0.25, -0.2) is 8.42 Å². The number of likely N-dealkylation sites (N-methyl/N-ethyl adjacent to an activating group) is 1. The first-order valence-corrected chi connectivity index (χ1v) is 10.3. The van der Waals surface area contributed by atoms with Crippen molar-refractivity contribution in [3.63, 3.8) is 0 Å². The Kier molecular flexibility index (Phi) is 5.65. The molecular formula is C20H26N2O3S. The Labute approximate surface area is 156 Å². The van der Waals surface area contributed by atoms with Gasteiger partial charge < -0.3 is 9.64 Å². The minimum absolute atomic E-state index is 0.276. The van der Waals surface area contributed by atoms with Crippen LogP contribution in [-0.2, 0) is 9.84 Å². The Bertz CT molecular complexity index is 824. The molecule has 26 heavy (non-hydrogen) atoms. The second kappa shape index (κ2) is 7.78. The molecule has 2 aromatic rings. The van der Waals surface area contributed by atoms with Crippen LogP contribution in [0.3, 0.4) is 0 Å². The molecule has 5 nitrogen and oxygen atoms in total. The summed E-state index contributed by atoms with van der Waals surface area (Å²) in [5.74, 6) is 0.639. The summed E-state index contributed by atoms with van der Waals surface area (Å²) in [6, 6.07) is 14.0. The van der Waals surface area contributed by atoms with E-state index in [1.807, 2.05) is 12.1 Å². The molecular weight excluding hydrogens is 348 g/mol. The van der Waals surface area contributed by atoms with Crippen LogP contribution in [0.1, 0.15) is 18.5 Å². The summed E-state index contributed by atoms with van der Waals surface area (Å²) in [4.78, 5) is 5.36. The maximum absolute atomic E-state index is 12.8. The molecule has 0 saturated carbocycles. The summed E-state index contributed by atoms with van der Waals surface area (Å²) in [6.45, 7) is 6.37. The maximum Gasteiger partial charge on any atom is 0.206 e. The third kappa shape index (κ3) is 3.92. The smallest absolute Gasteiger partial charge is 0.206 e. The Hall–Kier alpha value is -1.89. The molecule has 0 bridgehead atoms. The van der Waals surface area contributed by atoms with E-state index < -0.39 is 9.84 Å². The SMILES string of the molecule is COc1ccc(S(=O)(=O)c2ccc(C(C)N3CCN(C)CC3)cc2)cc1. The highest BCUT2D eigenvalue weighted by atomic mass is 32.2. The minimum atomic E-state index is -3.51. The number of methoxy groups -OCH3 is 1. The van der Waals surface area contributed by atoms with E-state index in [0.717, 1.165) is 31.7 Å². The topological polar surface area (TPSA) is 49.9 Å². The van der Waals surface area contributed by atoms with Gasteiger partial charge in [-0.3, -0.25) is 4.90 Å². The van der Waals surface area contributed by atoms with Crippen molar-refractivity contribution in [1.82, 2.24) is 9.80 Å². The van der Waals surface area contributed by atoms with Crippen molar-refractivity contribution in [1.29, 1.82) is 0 Å². The molecule has 1 fully saturated rings. The molecule has 6 heteroatoms. The molecule has 2 aromatic carbocycles. The highest BCUT2D eigenvalue weighted by Gasteiger charge is 2.22. The van der Waals surface area contributed by atoms with Crippen LogP contribution in [0.25, 0.3) is 0 Å². The molecule has 1 unspecified atom stereocenters. The van der Waals surface area contributed by atoms with E-state index in [0.29, 0.717) is 10.6 Å². The zero-order valence-electron chi connectivity index (χ0n) is 15.6. The predicted octanol–water partition coefficient (Wildman–Crippen LogP) is 2.84. The lowest BCUT2D eigenvalue weighted by atomic mass is 10.1. The van der Waals surface area contributed by atoms with E-state index >= 15 is 0 Å². The fourth-order valence-corrected chi connectivity index (χ4v) is 4.50. The minimum Gasteiger partial charge on any atom is -0.497 e. The van der Waals surface area contributed by atoms with Crippen molar-refractivity contribution >= 4 is 9.84 Å². The molecule has 0 aliphatic carbocycles. The lowest BCUT2D eigenvalue weighted by molar-refractivity contribution is 0.119. The molecule has 1 aliphatic heterocycles. The van der Waals surface area contributed by atoms with Gasteiger partial charge in [0, 0.05) is 32.2 Å². The van der Waals surface area contributed by atoms with Crippen molar-refractivity contribution in [2.45, 2.75) is 22.8 Å². The molecule has 0 aromatic heterocycles. The van der Waals surface area contributed by atoms with Gasteiger partial charge in [0.25, 0.3) is 0 Å². The standard InChI is InChI=1S/C20H26N2O3S/c1-16(22-14-12-21(2)13-15-22)17-4-8-19(9-5-17)26(23,24)20-10-6-18(25-3)7-11-20/h4-11,16H,12-15H2,1-3H3. The van der Waals surface area contributed by atoms with Crippen LogP contribution in [-0.4, -0.2) is 58.6 Å². The van der Waals surface area contributed by atoms with Crippen molar-refractivity contribution < 1.29 is 13.2 Å². The zero-order valence-corrected chi connectivity index (χ0v) is 16.4. The van der Waals surface area contributed by atoms with E-state index in [1.54, 1.807) is 43.5 Å². The van der Waals surface area contributed by atoms with Gasteiger partial charge in [0.2, 0.25) is 9.84 Å². The third-order valence-electron chi connectivity index (χ3n) is 5.13. The quantitative estimate of drug-likeness (QED) is 0.805. The Morgan fingerprint density at radius 3 is 1.88 bits per heavy atom. The summed E-state index contributed by atoms with van der Waals surface area (Å²) in [5, 5.41) is 0. The van der Waals surface area contributed by atoms with Crippen LogP contribution in [0.5, 0.6) is 5.75 Å². The fraction of sp³-hybridized carbons (Fsp3) is 0.400. The highest BCUT2D eigenvalue weighted by molar-refractivity contribution is 7.91. The fourth-order valence-electron chi connectivity index (χ4n) is 3.24.